The number of morpholine rings is 1. The average Bonchev–Trinajstić information content (AvgIpc) is 3.10. The van der Waals surface area contributed by atoms with E-state index >= 15 is 0 Å². The first kappa shape index (κ1) is 17.8. The lowest BCUT2D eigenvalue weighted by Crippen LogP contribution is -2.42. The Labute approximate surface area is 147 Å². The van der Waals surface area contributed by atoms with Crippen LogP contribution in [0.25, 0.3) is 0 Å². The number of benzene rings is 1. The highest BCUT2D eigenvalue weighted by atomic mass is 32.2. The Bertz CT molecular complexity index is 811. The van der Waals surface area contributed by atoms with Gasteiger partial charge in [0.05, 0.1) is 37.3 Å². The first-order valence-electron chi connectivity index (χ1n) is 8.20. The lowest BCUT2D eigenvalue weighted by molar-refractivity contribution is 0.0729. The molecule has 0 bridgehead atoms. The number of sulfonamides is 1. The molecule has 2 heterocycles. The predicted molar refractivity (Wildman–Crippen MR) is 92.9 cm³/mol. The number of aromatic nitrogens is 2. The summed E-state index contributed by atoms with van der Waals surface area (Å²) in [6.07, 6.45) is 3.11. The largest absolute Gasteiger partial charge is 0.379 e. The fourth-order valence-electron chi connectivity index (χ4n) is 2.68. The molecule has 134 valence electrons. The van der Waals surface area contributed by atoms with Crippen molar-refractivity contribution in [3.8, 4) is 0 Å². The number of ether oxygens (including phenoxy) is 1. The standard InChI is InChI=1S/C17H21N3O4S/c21-17(6-11-25(22,23)20-7-9-24-10-8-20)16-12-18-19(14-16)13-15-4-2-1-3-5-15/h1-5,12,14H,6-11,13H2. The smallest absolute Gasteiger partial charge is 0.214 e. The molecule has 0 aliphatic carbocycles. The van der Waals surface area contributed by atoms with Crippen LogP contribution >= 0.6 is 0 Å². The van der Waals surface area contributed by atoms with E-state index in [2.05, 4.69) is 5.10 Å². The van der Waals surface area contributed by atoms with Gasteiger partial charge in [0, 0.05) is 25.7 Å². The molecule has 1 aliphatic rings. The molecule has 7 nitrogen and oxygen atoms in total. The summed E-state index contributed by atoms with van der Waals surface area (Å²) in [5, 5.41) is 4.19. The minimum absolute atomic E-state index is 0.0449. The zero-order valence-electron chi connectivity index (χ0n) is 13.9. The van der Waals surface area contributed by atoms with Gasteiger partial charge in [-0.25, -0.2) is 8.42 Å². The zero-order valence-corrected chi connectivity index (χ0v) is 14.7. The van der Waals surface area contributed by atoms with Gasteiger partial charge in [0.2, 0.25) is 10.0 Å². The van der Waals surface area contributed by atoms with Gasteiger partial charge in [0.1, 0.15) is 0 Å². The van der Waals surface area contributed by atoms with E-state index in [9.17, 15) is 13.2 Å². The number of carbonyl (C=O) groups excluding carboxylic acids is 1. The van der Waals surface area contributed by atoms with E-state index in [-0.39, 0.29) is 18.0 Å². The maximum atomic E-state index is 12.3. The third-order valence-electron chi connectivity index (χ3n) is 4.09. The molecule has 1 aromatic carbocycles. The summed E-state index contributed by atoms with van der Waals surface area (Å²) in [4.78, 5) is 12.3. The Morgan fingerprint density at radius 3 is 2.60 bits per heavy atom. The third kappa shape index (κ3) is 4.75. The van der Waals surface area contributed by atoms with E-state index < -0.39 is 10.0 Å². The Morgan fingerprint density at radius 1 is 1.16 bits per heavy atom. The molecule has 1 aliphatic heterocycles. The number of rotatable bonds is 7. The van der Waals surface area contributed by atoms with Crippen LogP contribution in [0.15, 0.2) is 42.7 Å². The van der Waals surface area contributed by atoms with Gasteiger partial charge >= 0.3 is 0 Å². The van der Waals surface area contributed by atoms with Gasteiger partial charge in [-0.1, -0.05) is 30.3 Å². The summed E-state index contributed by atoms with van der Waals surface area (Å²) >= 11 is 0. The highest BCUT2D eigenvalue weighted by Gasteiger charge is 2.25. The van der Waals surface area contributed by atoms with Crippen molar-refractivity contribution in [2.24, 2.45) is 0 Å². The monoisotopic (exact) mass is 363 g/mol. The number of ketones is 1. The zero-order chi connectivity index (χ0) is 17.7. The van der Waals surface area contributed by atoms with Crippen molar-refractivity contribution >= 4 is 15.8 Å². The Hall–Kier alpha value is -2.03. The maximum Gasteiger partial charge on any atom is 0.214 e. The molecule has 0 amide bonds. The van der Waals surface area contributed by atoms with Crippen molar-refractivity contribution in [3.63, 3.8) is 0 Å². The van der Waals surface area contributed by atoms with Crippen molar-refractivity contribution in [3.05, 3.63) is 53.9 Å². The fraction of sp³-hybridized carbons (Fsp3) is 0.412. The van der Waals surface area contributed by atoms with Crippen molar-refractivity contribution in [1.29, 1.82) is 0 Å². The van der Waals surface area contributed by atoms with Gasteiger partial charge in [0.25, 0.3) is 0 Å². The van der Waals surface area contributed by atoms with Gasteiger partial charge in [-0.3, -0.25) is 9.48 Å². The Morgan fingerprint density at radius 2 is 1.88 bits per heavy atom. The van der Waals surface area contributed by atoms with E-state index in [0.717, 1.165) is 5.56 Å². The molecular formula is C17H21N3O4S. The van der Waals surface area contributed by atoms with Crippen LogP contribution in [0.2, 0.25) is 0 Å². The van der Waals surface area contributed by atoms with Crippen LogP contribution in [0.3, 0.4) is 0 Å². The van der Waals surface area contributed by atoms with Gasteiger partial charge in [0.15, 0.2) is 5.78 Å². The molecule has 0 N–H and O–H groups in total. The van der Waals surface area contributed by atoms with Gasteiger partial charge in [-0.15, -0.1) is 0 Å². The molecule has 0 unspecified atom stereocenters. The van der Waals surface area contributed by atoms with Crippen molar-refractivity contribution in [2.45, 2.75) is 13.0 Å². The number of hydrogen-bond acceptors (Lipinski definition) is 5. The minimum atomic E-state index is -3.42. The molecular weight excluding hydrogens is 342 g/mol. The lowest BCUT2D eigenvalue weighted by Gasteiger charge is -2.25. The summed E-state index contributed by atoms with van der Waals surface area (Å²) in [5.41, 5.74) is 1.52. The summed E-state index contributed by atoms with van der Waals surface area (Å²) in [6.45, 7) is 2.08. The number of Topliss-reactive ketones (excluding diaryl/α,β-unsaturated/α-hetero) is 1. The van der Waals surface area contributed by atoms with E-state index in [0.29, 0.717) is 38.4 Å². The van der Waals surface area contributed by atoms with Gasteiger partial charge in [-0.05, 0) is 5.56 Å². The topological polar surface area (TPSA) is 81.5 Å². The Balaban J connectivity index is 1.56. The van der Waals surface area contributed by atoms with Crippen LogP contribution in [0.5, 0.6) is 0 Å². The quantitative estimate of drug-likeness (QED) is 0.690. The van der Waals surface area contributed by atoms with E-state index in [1.54, 1.807) is 10.9 Å². The first-order valence-corrected chi connectivity index (χ1v) is 9.81. The molecule has 0 atom stereocenters. The van der Waals surface area contributed by atoms with Crippen molar-refractivity contribution < 1.29 is 17.9 Å². The van der Waals surface area contributed by atoms with Crippen LogP contribution in [0.1, 0.15) is 22.3 Å². The van der Waals surface area contributed by atoms with E-state index in [1.165, 1.54) is 10.5 Å². The van der Waals surface area contributed by atoms with Crippen LogP contribution in [-0.4, -0.2) is 60.3 Å². The van der Waals surface area contributed by atoms with Crippen LogP contribution in [0, 0.1) is 0 Å². The van der Waals surface area contributed by atoms with Gasteiger partial charge < -0.3 is 4.74 Å². The van der Waals surface area contributed by atoms with Crippen molar-refractivity contribution in [1.82, 2.24) is 14.1 Å². The van der Waals surface area contributed by atoms with Gasteiger partial charge in [-0.2, -0.15) is 9.40 Å². The number of nitrogens with zero attached hydrogens (tertiary/aromatic N) is 3. The molecule has 0 radical (unpaired) electrons. The Kier molecular flexibility index (Phi) is 5.62. The summed E-state index contributed by atoms with van der Waals surface area (Å²) in [6, 6.07) is 9.80. The molecule has 2 aromatic rings. The second kappa shape index (κ2) is 7.90. The SMILES string of the molecule is O=C(CCS(=O)(=O)N1CCOCC1)c1cnn(Cc2ccccc2)c1. The maximum absolute atomic E-state index is 12.3. The van der Waals surface area contributed by atoms with E-state index in [1.807, 2.05) is 30.3 Å². The molecule has 8 heteroatoms. The number of carbonyl (C=O) groups is 1. The predicted octanol–water partition coefficient (Wildman–Crippen LogP) is 1.17. The highest BCUT2D eigenvalue weighted by molar-refractivity contribution is 7.89. The molecule has 3 rings (SSSR count). The van der Waals surface area contributed by atoms with Crippen LogP contribution in [0.4, 0.5) is 0 Å². The summed E-state index contributed by atoms with van der Waals surface area (Å²) in [5.74, 6) is -0.397. The molecule has 1 fully saturated rings. The fourth-order valence-corrected chi connectivity index (χ4v) is 4.09. The average molecular weight is 363 g/mol. The van der Waals surface area contributed by atoms with E-state index in [4.69, 9.17) is 4.74 Å². The van der Waals surface area contributed by atoms with Crippen LogP contribution < -0.4 is 0 Å². The summed E-state index contributed by atoms with van der Waals surface area (Å²) < 4.78 is 32.8. The second-order valence-electron chi connectivity index (χ2n) is 5.91. The normalized spacial score (nSPS) is 16.0. The molecule has 0 spiro atoms. The molecule has 25 heavy (non-hydrogen) atoms. The van der Waals surface area contributed by atoms with Crippen LogP contribution in [-0.2, 0) is 21.3 Å². The first-order chi connectivity index (χ1) is 12.0. The molecule has 1 aromatic heterocycles. The second-order valence-corrected chi connectivity index (χ2v) is 8.00. The van der Waals surface area contributed by atoms with Crippen molar-refractivity contribution in [2.75, 3.05) is 32.1 Å². The molecule has 0 saturated carbocycles. The third-order valence-corrected chi connectivity index (χ3v) is 5.97. The highest BCUT2D eigenvalue weighted by Crippen LogP contribution is 2.10. The summed E-state index contributed by atoms with van der Waals surface area (Å²) in [7, 11) is -3.42. The lowest BCUT2D eigenvalue weighted by atomic mass is 10.2. The molecule has 1 saturated heterocycles. The minimum Gasteiger partial charge on any atom is -0.379 e. The number of hydrogen-bond donors (Lipinski definition) is 0.